The normalized spacial score (nSPS) is 11.4. The highest BCUT2D eigenvalue weighted by Gasteiger charge is 2.18. The molecule has 0 spiro atoms. The molecule has 10 aromatic carbocycles. The van der Waals surface area contributed by atoms with Crippen LogP contribution in [0.4, 0.5) is 17.1 Å². The van der Waals surface area contributed by atoms with Gasteiger partial charge < -0.3 is 9.47 Å². The van der Waals surface area contributed by atoms with Crippen LogP contribution in [0.25, 0.3) is 82.4 Å². The van der Waals surface area contributed by atoms with E-state index >= 15 is 0 Å². The maximum absolute atomic E-state index is 2.42. The third kappa shape index (κ3) is 5.74. The largest absolute Gasteiger partial charge is 0.310 e. The fraction of sp³-hybridized carbons (Fsp3) is 0. The van der Waals surface area contributed by atoms with Crippen LogP contribution in [0.5, 0.6) is 0 Å². The Morgan fingerprint density at radius 1 is 0.276 bits per heavy atom. The maximum Gasteiger partial charge on any atom is 0.0541 e. The van der Waals surface area contributed by atoms with E-state index in [-0.39, 0.29) is 0 Å². The van der Waals surface area contributed by atoms with Gasteiger partial charge in [0.15, 0.2) is 0 Å². The number of nitrogens with zero attached hydrogens (tertiary/aromatic N) is 2. The van der Waals surface area contributed by atoms with Crippen LogP contribution >= 0.6 is 0 Å². The molecule has 0 saturated heterocycles. The number of hydrogen-bond acceptors (Lipinski definition) is 1. The summed E-state index contributed by atoms with van der Waals surface area (Å²) >= 11 is 0. The highest BCUT2D eigenvalue weighted by Crippen LogP contribution is 2.42. The lowest BCUT2D eigenvalue weighted by molar-refractivity contribution is 1.18. The quantitative estimate of drug-likeness (QED) is 0.158. The van der Waals surface area contributed by atoms with Gasteiger partial charge in [0.25, 0.3) is 0 Å². The third-order valence-corrected chi connectivity index (χ3v) is 11.6. The lowest BCUT2D eigenvalue weighted by atomic mass is 9.93. The number of para-hydroxylation sites is 3. The number of hydrogen-bond donors (Lipinski definition) is 0. The number of anilines is 3. The Morgan fingerprint density at radius 2 is 0.741 bits per heavy atom. The summed E-state index contributed by atoms with van der Waals surface area (Å²) in [4.78, 5) is 2.37. The Hall–Kier alpha value is -7.68. The third-order valence-electron chi connectivity index (χ3n) is 11.6. The maximum atomic E-state index is 2.42. The predicted molar refractivity (Wildman–Crippen MR) is 247 cm³/mol. The highest BCUT2D eigenvalue weighted by atomic mass is 15.1. The Bertz CT molecular complexity index is 3220. The van der Waals surface area contributed by atoms with E-state index in [1.165, 1.54) is 82.4 Å². The number of benzene rings is 10. The van der Waals surface area contributed by atoms with E-state index < -0.39 is 0 Å². The molecule has 0 N–H and O–H groups in total. The molecule has 0 aliphatic heterocycles. The summed E-state index contributed by atoms with van der Waals surface area (Å²) in [7, 11) is 0. The van der Waals surface area contributed by atoms with Crippen molar-refractivity contribution in [2.75, 3.05) is 4.90 Å². The van der Waals surface area contributed by atoms with Crippen molar-refractivity contribution < 1.29 is 0 Å². The molecule has 1 heterocycles. The van der Waals surface area contributed by atoms with Gasteiger partial charge in [0.1, 0.15) is 0 Å². The van der Waals surface area contributed by atoms with Gasteiger partial charge in [-0.25, -0.2) is 0 Å². The summed E-state index contributed by atoms with van der Waals surface area (Å²) in [5.41, 5.74) is 14.1. The fourth-order valence-electron chi connectivity index (χ4n) is 8.87. The molecule has 272 valence electrons. The zero-order valence-corrected chi connectivity index (χ0v) is 31.8. The smallest absolute Gasteiger partial charge is 0.0541 e. The minimum absolute atomic E-state index is 1.10. The Balaban J connectivity index is 1.01. The summed E-state index contributed by atoms with van der Waals surface area (Å²) in [5, 5.41) is 7.47. The molecule has 0 fully saturated rings. The highest BCUT2D eigenvalue weighted by molar-refractivity contribution is 6.10. The molecule has 11 aromatic rings. The van der Waals surface area contributed by atoms with Crippen LogP contribution in [0.15, 0.2) is 231 Å². The molecule has 0 bridgehead atoms. The second kappa shape index (κ2) is 14.1. The topological polar surface area (TPSA) is 8.17 Å². The van der Waals surface area contributed by atoms with Gasteiger partial charge in [-0.15, -0.1) is 0 Å². The Kier molecular flexibility index (Phi) is 8.19. The monoisotopic (exact) mass is 738 g/mol. The average Bonchev–Trinajstić information content (AvgIpc) is 3.64. The van der Waals surface area contributed by atoms with Crippen LogP contribution in [0.3, 0.4) is 0 Å². The van der Waals surface area contributed by atoms with E-state index in [2.05, 4.69) is 240 Å². The van der Waals surface area contributed by atoms with E-state index in [1.807, 2.05) is 0 Å². The van der Waals surface area contributed by atoms with Crippen molar-refractivity contribution in [3.8, 4) is 39.1 Å². The van der Waals surface area contributed by atoms with Crippen LogP contribution in [-0.2, 0) is 0 Å². The summed E-state index contributed by atoms with van der Waals surface area (Å²) in [5.74, 6) is 0. The average molecular weight is 739 g/mol. The molecule has 0 aliphatic carbocycles. The van der Waals surface area contributed by atoms with Crippen LogP contribution < -0.4 is 4.90 Å². The Morgan fingerprint density at radius 3 is 1.43 bits per heavy atom. The van der Waals surface area contributed by atoms with Gasteiger partial charge in [0.2, 0.25) is 0 Å². The first-order chi connectivity index (χ1) is 28.8. The van der Waals surface area contributed by atoms with E-state index in [0.717, 1.165) is 17.1 Å². The summed E-state index contributed by atoms with van der Waals surface area (Å²) in [6.07, 6.45) is 0. The van der Waals surface area contributed by atoms with Gasteiger partial charge in [0.05, 0.1) is 16.7 Å². The number of rotatable bonds is 7. The molecule has 11 rings (SSSR count). The first kappa shape index (κ1) is 33.6. The van der Waals surface area contributed by atoms with Crippen molar-refractivity contribution in [3.63, 3.8) is 0 Å². The zero-order chi connectivity index (χ0) is 38.4. The minimum Gasteiger partial charge on any atom is -0.310 e. The van der Waals surface area contributed by atoms with E-state index in [9.17, 15) is 0 Å². The molecule has 1 aromatic heterocycles. The molecule has 0 atom stereocenters. The lowest BCUT2D eigenvalue weighted by Crippen LogP contribution is -2.09. The van der Waals surface area contributed by atoms with Crippen LogP contribution in [0.2, 0.25) is 0 Å². The first-order valence-electron chi connectivity index (χ1n) is 19.9. The minimum atomic E-state index is 1.10. The molecule has 0 radical (unpaired) electrons. The van der Waals surface area contributed by atoms with Gasteiger partial charge in [-0.2, -0.15) is 0 Å². The molecule has 2 heteroatoms. The van der Waals surface area contributed by atoms with Gasteiger partial charge in [-0.1, -0.05) is 176 Å². The van der Waals surface area contributed by atoms with Gasteiger partial charge in [-0.3, -0.25) is 0 Å². The van der Waals surface area contributed by atoms with Crippen molar-refractivity contribution in [2.24, 2.45) is 0 Å². The molecule has 0 aliphatic rings. The van der Waals surface area contributed by atoms with Gasteiger partial charge >= 0.3 is 0 Å². The zero-order valence-electron chi connectivity index (χ0n) is 31.8. The molecule has 0 amide bonds. The van der Waals surface area contributed by atoms with Crippen molar-refractivity contribution in [1.29, 1.82) is 0 Å². The summed E-state index contributed by atoms with van der Waals surface area (Å²) in [6, 6.07) is 83.7. The fourth-order valence-corrected chi connectivity index (χ4v) is 8.87. The number of fused-ring (bicyclic) bond motifs is 5. The molecule has 58 heavy (non-hydrogen) atoms. The van der Waals surface area contributed by atoms with Crippen LogP contribution in [0, 0.1) is 0 Å². The predicted octanol–water partition coefficient (Wildman–Crippen LogP) is 15.6. The molecule has 0 unspecified atom stereocenters. The van der Waals surface area contributed by atoms with Crippen molar-refractivity contribution in [1.82, 2.24) is 4.57 Å². The standard InChI is InChI=1S/C56H38N2/c1-2-16-43-38-46(37-28-39(43)14-1)57(44-33-29-41(30-34-44)48-24-13-17-40-15-3-4-18-47(40)48)45-35-31-42(32-36-45)49-19-5-6-20-50(49)51-21-7-10-25-54(51)58-55-26-11-8-22-52(55)53-23-9-12-27-56(53)58/h1-38H. The van der Waals surface area contributed by atoms with Gasteiger partial charge in [-0.05, 0) is 104 Å². The molecule has 2 nitrogen and oxygen atoms in total. The number of aromatic nitrogens is 1. The summed E-state index contributed by atoms with van der Waals surface area (Å²) in [6.45, 7) is 0. The van der Waals surface area contributed by atoms with Crippen LogP contribution in [-0.4, -0.2) is 4.57 Å². The summed E-state index contributed by atoms with van der Waals surface area (Å²) < 4.78 is 2.42. The molecule has 0 saturated carbocycles. The Labute approximate surface area is 338 Å². The second-order valence-electron chi connectivity index (χ2n) is 14.9. The van der Waals surface area contributed by atoms with Crippen molar-refractivity contribution >= 4 is 60.4 Å². The molecular weight excluding hydrogens is 701 g/mol. The first-order valence-corrected chi connectivity index (χ1v) is 19.9. The SMILES string of the molecule is c1ccc(-c2ccccc2-n2c3ccccc3c3ccccc32)c(-c2ccc(N(c3ccc(-c4cccc5ccccc45)cc3)c3ccc4ccccc4c3)cc2)c1. The lowest BCUT2D eigenvalue weighted by Gasteiger charge is -2.26. The second-order valence-corrected chi connectivity index (χ2v) is 14.9. The van der Waals surface area contributed by atoms with E-state index in [1.54, 1.807) is 0 Å². The van der Waals surface area contributed by atoms with Crippen LogP contribution in [0.1, 0.15) is 0 Å². The van der Waals surface area contributed by atoms with Gasteiger partial charge in [0, 0.05) is 33.4 Å². The van der Waals surface area contributed by atoms with E-state index in [0.29, 0.717) is 0 Å². The van der Waals surface area contributed by atoms with E-state index in [4.69, 9.17) is 0 Å². The van der Waals surface area contributed by atoms with Crippen molar-refractivity contribution in [3.05, 3.63) is 231 Å². The van der Waals surface area contributed by atoms with Crippen molar-refractivity contribution in [2.45, 2.75) is 0 Å². The molecular formula is C56H38N2.